The normalized spacial score (nSPS) is 26.5. The molecule has 17 heavy (non-hydrogen) atoms. The van der Waals surface area contributed by atoms with E-state index in [2.05, 4.69) is 39.9 Å². The fourth-order valence-electron chi connectivity index (χ4n) is 3.26. The molecule has 1 heteroatoms. The lowest BCUT2D eigenvalue weighted by molar-refractivity contribution is 0.113. The Balaban J connectivity index is 2.39. The molecule has 1 aliphatic carbocycles. The molecule has 1 rings (SSSR count). The van der Waals surface area contributed by atoms with Gasteiger partial charge in [-0.05, 0) is 43.1 Å². The second kappa shape index (κ2) is 6.78. The van der Waals surface area contributed by atoms with Crippen molar-refractivity contribution in [3.63, 3.8) is 0 Å². The molecule has 0 aromatic rings. The predicted octanol–water partition coefficient (Wildman–Crippen LogP) is 4.62. The zero-order valence-electron chi connectivity index (χ0n) is 12.7. The fraction of sp³-hybridized carbons (Fsp3) is 1.00. The van der Waals surface area contributed by atoms with Gasteiger partial charge in [-0.1, -0.05) is 53.9 Å². The van der Waals surface area contributed by atoms with E-state index < -0.39 is 0 Å². The Labute approximate surface area is 109 Å². The highest BCUT2D eigenvalue weighted by Crippen LogP contribution is 2.43. The Kier molecular flexibility index (Phi) is 5.99. The molecular formula is C16H33N. The van der Waals surface area contributed by atoms with Gasteiger partial charge in [-0.15, -0.1) is 0 Å². The van der Waals surface area contributed by atoms with E-state index in [1.807, 2.05) is 0 Å². The SMILES string of the molecule is CCC1CCCC(C(C)(C)CCNC(C)C)C1. The van der Waals surface area contributed by atoms with Crippen LogP contribution in [0.5, 0.6) is 0 Å². The molecule has 0 heterocycles. The van der Waals surface area contributed by atoms with E-state index in [1.54, 1.807) is 0 Å². The lowest BCUT2D eigenvalue weighted by atomic mass is 9.66. The van der Waals surface area contributed by atoms with Gasteiger partial charge in [0.2, 0.25) is 0 Å². The molecule has 1 N–H and O–H groups in total. The molecule has 1 saturated carbocycles. The number of hydrogen-bond acceptors (Lipinski definition) is 1. The molecule has 2 unspecified atom stereocenters. The Hall–Kier alpha value is -0.0400. The number of hydrogen-bond donors (Lipinski definition) is 1. The first kappa shape index (κ1) is 15.0. The monoisotopic (exact) mass is 239 g/mol. The highest BCUT2D eigenvalue weighted by molar-refractivity contribution is 4.84. The second-order valence-electron chi connectivity index (χ2n) is 6.99. The maximum absolute atomic E-state index is 3.57. The lowest BCUT2D eigenvalue weighted by Crippen LogP contribution is -2.34. The zero-order chi connectivity index (χ0) is 12.9. The summed E-state index contributed by atoms with van der Waals surface area (Å²) in [4.78, 5) is 0. The topological polar surface area (TPSA) is 12.0 Å². The summed E-state index contributed by atoms with van der Waals surface area (Å²) >= 11 is 0. The Morgan fingerprint density at radius 3 is 2.53 bits per heavy atom. The van der Waals surface area contributed by atoms with Crippen LogP contribution in [-0.4, -0.2) is 12.6 Å². The number of nitrogens with one attached hydrogen (secondary N) is 1. The minimum absolute atomic E-state index is 0.524. The summed E-state index contributed by atoms with van der Waals surface area (Å²) in [6.07, 6.45) is 8.59. The van der Waals surface area contributed by atoms with E-state index in [0.717, 1.165) is 11.8 Å². The van der Waals surface area contributed by atoms with Gasteiger partial charge in [0.15, 0.2) is 0 Å². The standard InChI is InChI=1S/C16H33N/c1-6-14-8-7-9-15(12-14)16(4,5)10-11-17-13(2)3/h13-15,17H,6-12H2,1-5H3. The third-order valence-electron chi connectivity index (χ3n) is 4.79. The average Bonchev–Trinajstić information content (AvgIpc) is 2.28. The smallest absolute Gasteiger partial charge is 0.00103 e. The minimum atomic E-state index is 0.524. The van der Waals surface area contributed by atoms with Crippen molar-refractivity contribution >= 4 is 0 Å². The van der Waals surface area contributed by atoms with Gasteiger partial charge in [0, 0.05) is 6.04 Å². The molecule has 0 saturated heterocycles. The van der Waals surface area contributed by atoms with Crippen LogP contribution in [0.25, 0.3) is 0 Å². The first-order chi connectivity index (χ1) is 7.95. The van der Waals surface area contributed by atoms with Crippen LogP contribution in [0.2, 0.25) is 0 Å². The third-order valence-corrected chi connectivity index (χ3v) is 4.79. The van der Waals surface area contributed by atoms with Gasteiger partial charge in [-0.25, -0.2) is 0 Å². The Morgan fingerprint density at radius 2 is 1.94 bits per heavy atom. The van der Waals surface area contributed by atoms with Crippen LogP contribution in [0.4, 0.5) is 0 Å². The zero-order valence-corrected chi connectivity index (χ0v) is 12.7. The van der Waals surface area contributed by atoms with Gasteiger partial charge in [0.1, 0.15) is 0 Å². The summed E-state index contributed by atoms with van der Waals surface area (Å²) in [5, 5.41) is 3.57. The Bertz CT molecular complexity index is 208. The van der Waals surface area contributed by atoms with E-state index in [9.17, 15) is 0 Å². The molecule has 2 atom stereocenters. The van der Waals surface area contributed by atoms with Crippen molar-refractivity contribution in [2.24, 2.45) is 17.3 Å². The van der Waals surface area contributed by atoms with Crippen LogP contribution >= 0.6 is 0 Å². The molecule has 0 spiro atoms. The first-order valence-electron chi connectivity index (χ1n) is 7.69. The molecule has 1 fully saturated rings. The highest BCUT2D eigenvalue weighted by atomic mass is 14.9. The van der Waals surface area contributed by atoms with Crippen LogP contribution in [0.3, 0.4) is 0 Å². The summed E-state index contributed by atoms with van der Waals surface area (Å²) in [7, 11) is 0. The molecule has 0 amide bonds. The highest BCUT2D eigenvalue weighted by Gasteiger charge is 2.32. The van der Waals surface area contributed by atoms with Crippen molar-refractivity contribution in [3.05, 3.63) is 0 Å². The molecule has 1 nitrogen and oxygen atoms in total. The van der Waals surface area contributed by atoms with Crippen molar-refractivity contribution in [1.82, 2.24) is 5.32 Å². The maximum atomic E-state index is 3.57. The molecule has 0 aromatic carbocycles. The van der Waals surface area contributed by atoms with Gasteiger partial charge < -0.3 is 5.32 Å². The summed E-state index contributed by atoms with van der Waals surface area (Å²) < 4.78 is 0. The van der Waals surface area contributed by atoms with Crippen molar-refractivity contribution in [1.29, 1.82) is 0 Å². The second-order valence-corrected chi connectivity index (χ2v) is 6.99. The average molecular weight is 239 g/mol. The predicted molar refractivity (Wildman–Crippen MR) is 77.3 cm³/mol. The molecule has 0 aromatic heterocycles. The van der Waals surface area contributed by atoms with E-state index in [1.165, 1.54) is 45.1 Å². The minimum Gasteiger partial charge on any atom is -0.315 e. The third kappa shape index (κ3) is 4.99. The van der Waals surface area contributed by atoms with Crippen LogP contribution < -0.4 is 5.32 Å². The largest absolute Gasteiger partial charge is 0.315 e. The summed E-state index contributed by atoms with van der Waals surface area (Å²) in [6, 6.07) is 0.626. The van der Waals surface area contributed by atoms with Crippen molar-refractivity contribution < 1.29 is 0 Å². The Morgan fingerprint density at radius 1 is 1.24 bits per heavy atom. The van der Waals surface area contributed by atoms with Crippen LogP contribution in [0, 0.1) is 17.3 Å². The van der Waals surface area contributed by atoms with Gasteiger partial charge in [0.25, 0.3) is 0 Å². The van der Waals surface area contributed by atoms with E-state index >= 15 is 0 Å². The van der Waals surface area contributed by atoms with Crippen LogP contribution in [0.1, 0.15) is 73.1 Å². The van der Waals surface area contributed by atoms with Gasteiger partial charge >= 0.3 is 0 Å². The fourth-order valence-corrected chi connectivity index (χ4v) is 3.26. The molecule has 0 radical (unpaired) electrons. The molecular weight excluding hydrogens is 206 g/mol. The van der Waals surface area contributed by atoms with Gasteiger partial charge in [0.05, 0.1) is 0 Å². The van der Waals surface area contributed by atoms with E-state index in [-0.39, 0.29) is 0 Å². The molecule has 0 bridgehead atoms. The summed E-state index contributed by atoms with van der Waals surface area (Å²) in [5.74, 6) is 1.96. The van der Waals surface area contributed by atoms with Crippen LogP contribution in [0.15, 0.2) is 0 Å². The van der Waals surface area contributed by atoms with Crippen LogP contribution in [-0.2, 0) is 0 Å². The quantitative estimate of drug-likeness (QED) is 0.713. The summed E-state index contributed by atoms with van der Waals surface area (Å²) in [5.41, 5.74) is 0.524. The van der Waals surface area contributed by atoms with Crippen molar-refractivity contribution in [2.45, 2.75) is 79.2 Å². The first-order valence-corrected chi connectivity index (χ1v) is 7.69. The van der Waals surface area contributed by atoms with Crippen molar-refractivity contribution in [2.75, 3.05) is 6.54 Å². The number of rotatable bonds is 6. The molecule has 1 aliphatic rings. The van der Waals surface area contributed by atoms with Gasteiger partial charge in [-0.3, -0.25) is 0 Å². The van der Waals surface area contributed by atoms with Crippen molar-refractivity contribution in [3.8, 4) is 0 Å². The maximum Gasteiger partial charge on any atom is 0.00103 e. The van der Waals surface area contributed by atoms with E-state index in [0.29, 0.717) is 11.5 Å². The van der Waals surface area contributed by atoms with Gasteiger partial charge in [-0.2, -0.15) is 0 Å². The lowest BCUT2D eigenvalue weighted by Gasteiger charge is -2.40. The van der Waals surface area contributed by atoms with E-state index in [4.69, 9.17) is 0 Å². The summed E-state index contributed by atoms with van der Waals surface area (Å²) in [6.45, 7) is 13.0. The molecule has 102 valence electrons. The molecule has 0 aliphatic heterocycles.